The predicted molar refractivity (Wildman–Crippen MR) is 84.6 cm³/mol. The molecule has 1 heterocycles. The number of H-pyrrole nitrogens is 1. The topological polar surface area (TPSA) is 45.8 Å². The Kier molecular flexibility index (Phi) is 3.84. The van der Waals surface area contributed by atoms with Gasteiger partial charge in [-0.25, -0.2) is 0 Å². The van der Waals surface area contributed by atoms with Crippen molar-refractivity contribution < 1.29 is 0 Å². The minimum Gasteiger partial charge on any atom is -0.288 e. The lowest BCUT2D eigenvalue weighted by Gasteiger charge is -2.04. The van der Waals surface area contributed by atoms with Gasteiger partial charge >= 0.3 is 0 Å². The van der Waals surface area contributed by atoms with Crippen LogP contribution in [0.2, 0.25) is 5.02 Å². The first-order valence-corrected chi connectivity index (χ1v) is 6.98. The molecule has 0 spiro atoms. The summed E-state index contributed by atoms with van der Waals surface area (Å²) in [6.45, 7) is 0. The molecule has 0 saturated carbocycles. The lowest BCUT2D eigenvalue weighted by atomic mass is 10.1. The average molecular weight is 297 g/mol. The molecule has 0 radical (unpaired) electrons. The molecular formula is C17H13ClN2O. The van der Waals surface area contributed by atoms with E-state index in [4.69, 9.17) is 11.6 Å². The average Bonchev–Trinajstić information content (AvgIpc) is 2.51. The van der Waals surface area contributed by atoms with E-state index in [1.54, 1.807) is 18.2 Å². The summed E-state index contributed by atoms with van der Waals surface area (Å²) in [6, 6.07) is 18.7. The zero-order valence-corrected chi connectivity index (χ0v) is 12.0. The number of rotatable bonds is 3. The summed E-state index contributed by atoms with van der Waals surface area (Å²) in [7, 11) is 0. The van der Waals surface area contributed by atoms with E-state index in [0.717, 1.165) is 11.1 Å². The highest BCUT2D eigenvalue weighted by molar-refractivity contribution is 6.30. The van der Waals surface area contributed by atoms with Gasteiger partial charge in [0.05, 0.1) is 5.69 Å². The van der Waals surface area contributed by atoms with Crippen LogP contribution in [0.5, 0.6) is 0 Å². The van der Waals surface area contributed by atoms with Crippen molar-refractivity contribution in [2.45, 2.75) is 6.42 Å². The standard InChI is InChI=1S/C17H13ClN2O/c18-14-8-6-13(7-9-14)15-11-17(21)16(20-19-15)10-12-4-2-1-3-5-12/h1-9,11H,10H2,(H,19,21). The third-order valence-corrected chi connectivity index (χ3v) is 3.49. The molecule has 3 aromatic rings. The summed E-state index contributed by atoms with van der Waals surface area (Å²) in [5.74, 6) is 0. The van der Waals surface area contributed by atoms with Gasteiger partial charge in [-0.05, 0) is 23.3 Å². The lowest BCUT2D eigenvalue weighted by Crippen LogP contribution is -2.13. The van der Waals surface area contributed by atoms with Crippen molar-refractivity contribution in [3.05, 3.63) is 87.2 Å². The van der Waals surface area contributed by atoms with E-state index in [1.807, 2.05) is 42.5 Å². The molecule has 104 valence electrons. The molecule has 2 aromatic carbocycles. The van der Waals surface area contributed by atoms with Gasteiger partial charge in [-0.2, -0.15) is 5.10 Å². The van der Waals surface area contributed by atoms with E-state index in [9.17, 15) is 4.79 Å². The Hall–Kier alpha value is -2.39. The molecular weight excluding hydrogens is 284 g/mol. The fourth-order valence-electron chi connectivity index (χ4n) is 2.12. The Morgan fingerprint density at radius 3 is 2.38 bits per heavy atom. The first kappa shape index (κ1) is 13.6. The summed E-state index contributed by atoms with van der Waals surface area (Å²) < 4.78 is 0. The molecule has 3 rings (SSSR count). The molecule has 0 bridgehead atoms. The molecule has 0 fully saturated rings. The zero-order chi connectivity index (χ0) is 14.7. The van der Waals surface area contributed by atoms with Crippen LogP contribution in [0.25, 0.3) is 11.3 Å². The SMILES string of the molecule is O=c1cc(-c2ccc(Cl)cc2)[nH]nc1Cc1ccccc1. The number of nitrogens with zero attached hydrogens (tertiary/aromatic N) is 1. The largest absolute Gasteiger partial charge is 0.288 e. The van der Waals surface area contributed by atoms with E-state index < -0.39 is 0 Å². The van der Waals surface area contributed by atoms with Crippen LogP contribution < -0.4 is 5.43 Å². The second-order valence-corrected chi connectivity index (χ2v) is 5.20. The maximum absolute atomic E-state index is 12.2. The second-order valence-electron chi connectivity index (χ2n) is 4.76. The third-order valence-electron chi connectivity index (χ3n) is 3.24. The molecule has 3 nitrogen and oxygen atoms in total. The number of benzene rings is 2. The third kappa shape index (κ3) is 3.20. The van der Waals surface area contributed by atoms with E-state index in [-0.39, 0.29) is 5.43 Å². The van der Waals surface area contributed by atoms with Crippen LogP contribution in [-0.2, 0) is 6.42 Å². The van der Waals surface area contributed by atoms with Crippen LogP contribution in [0.1, 0.15) is 11.3 Å². The smallest absolute Gasteiger partial charge is 0.204 e. The van der Waals surface area contributed by atoms with E-state index in [1.165, 1.54) is 0 Å². The van der Waals surface area contributed by atoms with Crippen molar-refractivity contribution in [3.63, 3.8) is 0 Å². The van der Waals surface area contributed by atoms with Gasteiger partial charge in [-0.15, -0.1) is 0 Å². The Morgan fingerprint density at radius 2 is 1.71 bits per heavy atom. The lowest BCUT2D eigenvalue weighted by molar-refractivity contribution is 0.926. The van der Waals surface area contributed by atoms with Crippen LogP contribution in [0, 0.1) is 0 Å². The van der Waals surface area contributed by atoms with Crippen LogP contribution in [-0.4, -0.2) is 10.2 Å². The highest BCUT2D eigenvalue weighted by atomic mass is 35.5. The van der Waals surface area contributed by atoms with Gasteiger partial charge in [0, 0.05) is 17.5 Å². The fraction of sp³-hybridized carbons (Fsp3) is 0.0588. The van der Waals surface area contributed by atoms with Gasteiger partial charge in [0.25, 0.3) is 0 Å². The number of hydrogen-bond donors (Lipinski definition) is 1. The van der Waals surface area contributed by atoms with Gasteiger partial charge in [0.15, 0.2) is 0 Å². The second kappa shape index (κ2) is 5.94. The zero-order valence-electron chi connectivity index (χ0n) is 11.2. The van der Waals surface area contributed by atoms with Crippen molar-refractivity contribution in [2.75, 3.05) is 0 Å². The Balaban J connectivity index is 1.90. The van der Waals surface area contributed by atoms with Crippen LogP contribution in [0.15, 0.2) is 65.5 Å². The van der Waals surface area contributed by atoms with Crippen molar-refractivity contribution in [1.29, 1.82) is 0 Å². The fourth-order valence-corrected chi connectivity index (χ4v) is 2.25. The maximum Gasteiger partial charge on any atom is 0.204 e. The van der Waals surface area contributed by atoms with Crippen molar-refractivity contribution in [3.8, 4) is 11.3 Å². The monoisotopic (exact) mass is 296 g/mol. The van der Waals surface area contributed by atoms with Crippen molar-refractivity contribution in [2.24, 2.45) is 0 Å². The van der Waals surface area contributed by atoms with Gasteiger partial charge in [-0.1, -0.05) is 54.1 Å². The molecule has 21 heavy (non-hydrogen) atoms. The van der Waals surface area contributed by atoms with Gasteiger partial charge < -0.3 is 0 Å². The Morgan fingerprint density at radius 1 is 1.00 bits per heavy atom. The normalized spacial score (nSPS) is 10.5. The minimum atomic E-state index is -0.0671. The van der Waals surface area contributed by atoms with Gasteiger partial charge in [-0.3, -0.25) is 9.89 Å². The van der Waals surface area contributed by atoms with E-state index in [2.05, 4.69) is 10.2 Å². The van der Waals surface area contributed by atoms with Crippen LogP contribution in [0.4, 0.5) is 0 Å². The first-order chi connectivity index (χ1) is 10.2. The number of aromatic nitrogens is 2. The Bertz CT molecular complexity index is 795. The molecule has 1 aromatic heterocycles. The van der Waals surface area contributed by atoms with Gasteiger partial charge in [0.2, 0.25) is 5.43 Å². The number of halogens is 1. The molecule has 0 aliphatic rings. The summed E-state index contributed by atoms with van der Waals surface area (Å²) in [6.07, 6.45) is 0.525. The molecule has 4 heteroatoms. The van der Waals surface area contributed by atoms with Gasteiger partial charge in [0.1, 0.15) is 5.69 Å². The highest BCUT2D eigenvalue weighted by Crippen LogP contribution is 2.18. The maximum atomic E-state index is 12.2. The molecule has 0 unspecified atom stereocenters. The van der Waals surface area contributed by atoms with Crippen molar-refractivity contribution in [1.82, 2.24) is 10.2 Å². The summed E-state index contributed by atoms with van der Waals surface area (Å²) in [5, 5.41) is 7.80. The molecule has 0 aliphatic carbocycles. The van der Waals surface area contributed by atoms with E-state index >= 15 is 0 Å². The molecule has 0 amide bonds. The number of aromatic amines is 1. The highest BCUT2D eigenvalue weighted by Gasteiger charge is 2.06. The molecule has 0 saturated heterocycles. The summed E-state index contributed by atoms with van der Waals surface area (Å²) in [5.41, 5.74) is 3.08. The molecule has 0 aliphatic heterocycles. The first-order valence-electron chi connectivity index (χ1n) is 6.61. The van der Waals surface area contributed by atoms with E-state index in [0.29, 0.717) is 22.8 Å². The minimum absolute atomic E-state index is 0.0671. The quantitative estimate of drug-likeness (QED) is 0.801. The molecule has 1 N–H and O–H groups in total. The number of nitrogens with one attached hydrogen (secondary N) is 1. The van der Waals surface area contributed by atoms with Crippen LogP contribution in [0.3, 0.4) is 0 Å². The predicted octanol–water partition coefficient (Wildman–Crippen LogP) is 3.68. The summed E-state index contributed by atoms with van der Waals surface area (Å²) >= 11 is 5.86. The Labute approximate surface area is 127 Å². The van der Waals surface area contributed by atoms with Crippen LogP contribution >= 0.6 is 11.6 Å². The van der Waals surface area contributed by atoms with Crippen molar-refractivity contribution >= 4 is 11.6 Å². The molecule has 0 atom stereocenters. The summed E-state index contributed by atoms with van der Waals surface area (Å²) in [4.78, 5) is 12.2. The number of hydrogen-bond acceptors (Lipinski definition) is 2.